The predicted octanol–water partition coefficient (Wildman–Crippen LogP) is 3.21. The van der Waals surface area contributed by atoms with Crippen molar-refractivity contribution in [1.29, 1.82) is 0 Å². The van der Waals surface area contributed by atoms with E-state index in [1.807, 2.05) is 35.2 Å². The first-order chi connectivity index (χ1) is 14.1. The third-order valence-corrected chi connectivity index (χ3v) is 5.20. The Hall–Kier alpha value is -2.77. The summed E-state index contributed by atoms with van der Waals surface area (Å²) in [6, 6.07) is 18.4. The monoisotopic (exact) mass is 410 g/mol. The third-order valence-electron chi connectivity index (χ3n) is 4.39. The van der Waals surface area contributed by atoms with Gasteiger partial charge >= 0.3 is 0 Å². The van der Waals surface area contributed by atoms with Crippen molar-refractivity contribution in [1.82, 2.24) is 14.7 Å². The highest BCUT2D eigenvalue weighted by molar-refractivity contribution is 7.09. The van der Waals surface area contributed by atoms with E-state index in [9.17, 15) is 4.79 Å². The van der Waals surface area contributed by atoms with Gasteiger partial charge in [-0.1, -0.05) is 60.2 Å². The first-order valence-corrected chi connectivity index (χ1v) is 10.3. The highest BCUT2D eigenvalue weighted by atomic mass is 32.1. The van der Waals surface area contributed by atoms with Crippen LogP contribution in [0.4, 0.5) is 5.13 Å². The van der Waals surface area contributed by atoms with E-state index in [0.29, 0.717) is 26.1 Å². The lowest BCUT2D eigenvalue weighted by molar-refractivity contribution is -0.120. The van der Waals surface area contributed by atoms with E-state index in [1.54, 1.807) is 7.11 Å². The first kappa shape index (κ1) is 21.0. The molecule has 0 saturated carbocycles. The van der Waals surface area contributed by atoms with E-state index < -0.39 is 0 Å². The zero-order valence-corrected chi connectivity index (χ0v) is 17.6. The predicted molar refractivity (Wildman–Crippen MR) is 116 cm³/mol. The molecule has 1 amide bonds. The van der Waals surface area contributed by atoms with Crippen molar-refractivity contribution in [3.63, 3.8) is 0 Å². The van der Waals surface area contributed by atoms with Crippen LogP contribution in [-0.4, -0.2) is 42.1 Å². The quantitative estimate of drug-likeness (QED) is 0.520. The lowest BCUT2D eigenvalue weighted by atomic mass is 10.1. The van der Waals surface area contributed by atoms with Crippen LogP contribution in [0.2, 0.25) is 0 Å². The molecule has 1 heterocycles. The number of rotatable bonds is 10. The minimum Gasteiger partial charge on any atom is -0.383 e. The number of anilines is 1. The van der Waals surface area contributed by atoms with Gasteiger partial charge in [0.25, 0.3) is 0 Å². The summed E-state index contributed by atoms with van der Waals surface area (Å²) >= 11 is 1.33. The van der Waals surface area contributed by atoms with Crippen molar-refractivity contribution in [3.8, 4) is 0 Å². The van der Waals surface area contributed by atoms with Crippen LogP contribution in [0.3, 0.4) is 0 Å². The highest BCUT2D eigenvalue weighted by Crippen LogP contribution is 2.21. The summed E-state index contributed by atoms with van der Waals surface area (Å²) in [4.78, 5) is 19.0. The fourth-order valence-corrected chi connectivity index (χ4v) is 3.53. The minimum absolute atomic E-state index is 0.0618. The number of ether oxygens (including phenoxy) is 1. The van der Waals surface area contributed by atoms with Crippen LogP contribution >= 0.6 is 11.5 Å². The Balaban J connectivity index is 1.71. The molecule has 6 nitrogen and oxygen atoms in total. The third kappa shape index (κ3) is 6.66. The molecular formula is C22H26N4O2S. The van der Waals surface area contributed by atoms with Crippen LogP contribution in [-0.2, 0) is 22.5 Å². The van der Waals surface area contributed by atoms with Gasteiger partial charge in [-0.3, -0.25) is 4.79 Å². The summed E-state index contributed by atoms with van der Waals surface area (Å²) in [5.41, 5.74) is 3.52. The molecule has 3 rings (SSSR count). The fourth-order valence-electron chi connectivity index (χ4n) is 2.85. The second-order valence-electron chi connectivity index (χ2n) is 6.84. The lowest BCUT2D eigenvalue weighted by Gasteiger charge is -2.21. The Morgan fingerprint density at radius 1 is 1.10 bits per heavy atom. The van der Waals surface area contributed by atoms with Gasteiger partial charge < -0.3 is 15.0 Å². The number of methoxy groups -OCH3 is 1. The number of hydrogen-bond donors (Lipinski definition) is 1. The Kier molecular flexibility index (Phi) is 7.72. The van der Waals surface area contributed by atoms with E-state index in [0.717, 1.165) is 16.5 Å². The number of aromatic nitrogens is 2. The molecule has 0 aliphatic heterocycles. The van der Waals surface area contributed by atoms with Gasteiger partial charge in [0.1, 0.15) is 5.82 Å². The van der Waals surface area contributed by atoms with Gasteiger partial charge in [-0.15, -0.1) is 0 Å². The van der Waals surface area contributed by atoms with Crippen LogP contribution in [0.25, 0.3) is 0 Å². The number of nitrogens with one attached hydrogen (secondary N) is 1. The standard InChI is InChI=1S/C22H26N4O2S/c1-17-8-10-18(11-9-17)14-20-24-22(29-25-20)26(15-19-6-4-3-5-7-19)16-21(27)23-12-13-28-2/h3-11H,12-16H2,1-2H3,(H,23,27). The van der Waals surface area contributed by atoms with Crippen molar-refractivity contribution in [3.05, 3.63) is 77.1 Å². The molecule has 0 spiro atoms. The average Bonchev–Trinajstić information content (AvgIpc) is 3.19. The van der Waals surface area contributed by atoms with Gasteiger partial charge in [0.15, 0.2) is 0 Å². The van der Waals surface area contributed by atoms with Gasteiger partial charge in [-0.05, 0) is 18.1 Å². The largest absolute Gasteiger partial charge is 0.383 e. The lowest BCUT2D eigenvalue weighted by Crippen LogP contribution is -2.38. The molecule has 0 saturated heterocycles. The van der Waals surface area contributed by atoms with Crippen molar-refractivity contribution >= 4 is 22.6 Å². The van der Waals surface area contributed by atoms with Crippen LogP contribution < -0.4 is 10.2 Å². The van der Waals surface area contributed by atoms with Gasteiger partial charge in [0, 0.05) is 38.2 Å². The van der Waals surface area contributed by atoms with Gasteiger partial charge in [-0.25, -0.2) is 4.98 Å². The van der Waals surface area contributed by atoms with E-state index in [-0.39, 0.29) is 12.5 Å². The molecule has 7 heteroatoms. The summed E-state index contributed by atoms with van der Waals surface area (Å²) in [5.74, 6) is 0.708. The number of benzene rings is 2. The Morgan fingerprint density at radius 3 is 2.59 bits per heavy atom. The van der Waals surface area contributed by atoms with Crippen molar-refractivity contribution in [2.24, 2.45) is 0 Å². The molecule has 0 fully saturated rings. The van der Waals surface area contributed by atoms with Gasteiger partial charge in [0.2, 0.25) is 11.0 Å². The average molecular weight is 411 g/mol. The van der Waals surface area contributed by atoms with Gasteiger partial charge in [-0.2, -0.15) is 4.37 Å². The summed E-state index contributed by atoms with van der Waals surface area (Å²) in [6.07, 6.45) is 0.677. The summed E-state index contributed by atoms with van der Waals surface area (Å²) < 4.78 is 9.51. The normalized spacial score (nSPS) is 10.7. The molecule has 152 valence electrons. The number of amides is 1. The molecule has 1 aromatic heterocycles. The van der Waals surface area contributed by atoms with Crippen LogP contribution in [0.15, 0.2) is 54.6 Å². The van der Waals surface area contributed by atoms with Crippen molar-refractivity contribution < 1.29 is 9.53 Å². The maximum absolute atomic E-state index is 12.4. The fraction of sp³-hybridized carbons (Fsp3) is 0.318. The second kappa shape index (κ2) is 10.7. The van der Waals surface area contributed by atoms with Crippen molar-refractivity contribution in [2.75, 3.05) is 31.7 Å². The molecular weight excluding hydrogens is 384 g/mol. The number of carbonyl (C=O) groups excluding carboxylic acids is 1. The number of nitrogens with zero attached hydrogens (tertiary/aromatic N) is 3. The van der Waals surface area contributed by atoms with Crippen LogP contribution in [0.5, 0.6) is 0 Å². The molecule has 0 aliphatic rings. The maximum atomic E-state index is 12.4. The van der Waals surface area contributed by atoms with E-state index in [2.05, 4.69) is 40.9 Å². The Morgan fingerprint density at radius 2 is 1.86 bits per heavy atom. The summed E-state index contributed by atoms with van der Waals surface area (Å²) in [6.45, 7) is 3.87. The molecule has 0 aliphatic carbocycles. The Labute approximate surface area is 175 Å². The minimum atomic E-state index is -0.0618. The molecule has 29 heavy (non-hydrogen) atoms. The topological polar surface area (TPSA) is 67.3 Å². The van der Waals surface area contributed by atoms with E-state index in [1.165, 1.54) is 22.7 Å². The van der Waals surface area contributed by atoms with Crippen LogP contribution in [0.1, 0.15) is 22.5 Å². The van der Waals surface area contributed by atoms with Gasteiger partial charge in [0.05, 0.1) is 13.2 Å². The molecule has 0 bridgehead atoms. The van der Waals surface area contributed by atoms with Crippen molar-refractivity contribution in [2.45, 2.75) is 19.9 Å². The molecule has 3 aromatic rings. The number of carbonyl (C=O) groups is 1. The zero-order chi connectivity index (χ0) is 20.5. The second-order valence-corrected chi connectivity index (χ2v) is 7.57. The number of hydrogen-bond acceptors (Lipinski definition) is 6. The van der Waals surface area contributed by atoms with E-state index in [4.69, 9.17) is 9.72 Å². The maximum Gasteiger partial charge on any atom is 0.239 e. The Bertz CT molecular complexity index is 897. The molecule has 0 unspecified atom stereocenters. The highest BCUT2D eigenvalue weighted by Gasteiger charge is 2.17. The summed E-state index contributed by atoms with van der Waals surface area (Å²) in [5, 5.41) is 3.62. The molecule has 2 aromatic carbocycles. The smallest absolute Gasteiger partial charge is 0.239 e. The summed E-state index contributed by atoms with van der Waals surface area (Å²) in [7, 11) is 1.62. The zero-order valence-electron chi connectivity index (χ0n) is 16.8. The molecule has 0 atom stereocenters. The molecule has 0 radical (unpaired) electrons. The SMILES string of the molecule is COCCNC(=O)CN(Cc1ccccc1)c1nc(Cc2ccc(C)cc2)ns1. The van der Waals surface area contributed by atoms with Crippen LogP contribution in [0, 0.1) is 6.92 Å². The van der Waals surface area contributed by atoms with E-state index >= 15 is 0 Å². The first-order valence-electron chi connectivity index (χ1n) is 9.56. The molecule has 1 N–H and O–H groups in total. The number of aryl methyl sites for hydroxylation is 1.